The molecule has 0 spiro atoms. The van der Waals surface area contributed by atoms with E-state index in [0.29, 0.717) is 17.1 Å². The summed E-state index contributed by atoms with van der Waals surface area (Å²) in [6.07, 6.45) is 4.30. The van der Waals surface area contributed by atoms with Gasteiger partial charge in [0.05, 0.1) is 0 Å². The Kier molecular flexibility index (Phi) is 5.48. The number of carbonyl (C=O) groups excluding carboxylic acids is 1. The zero-order valence-electron chi connectivity index (χ0n) is 14.7. The number of likely N-dealkylation sites (tertiary alicyclic amines) is 1. The highest BCUT2D eigenvalue weighted by atomic mass is 16.1. The lowest BCUT2D eigenvalue weighted by Gasteiger charge is -2.38. The molecule has 3 atom stereocenters. The van der Waals surface area contributed by atoms with Crippen LogP contribution in [0.25, 0.3) is 0 Å². The summed E-state index contributed by atoms with van der Waals surface area (Å²) in [5.41, 5.74) is 0.339. The van der Waals surface area contributed by atoms with Gasteiger partial charge < -0.3 is 9.80 Å². The van der Waals surface area contributed by atoms with Crippen LogP contribution in [0.1, 0.15) is 46.5 Å². The van der Waals surface area contributed by atoms with Gasteiger partial charge in [-0.05, 0) is 57.2 Å². The third-order valence-electron chi connectivity index (χ3n) is 5.58. The summed E-state index contributed by atoms with van der Waals surface area (Å²) >= 11 is 0. The van der Waals surface area contributed by atoms with Gasteiger partial charge >= 0.3 is 0 Å². The second kappa shape index (κ2) is 6.78. The first-order valence-electron chi connectivity index (χ1n) is 8.65. The number of nitrogens with zero attached hydrogens (tertiary/aromatic N) is 2. The lowest BCUT2D eigenvalue weighted by Crippen LogP contribution is -2.39. The van der Waals surface area contributed by atoms with Gasteiger partial charge in [0.2, 0.25) is 0 Å². The van der Waals surface area contributed by atoms with E-state index >= 15 is 0 Å². The van der Waals surface area contributed by atoms with Crippen molar-refractivity contribution in [1.82, 2.24) is 9.80 Å². The summed E-state index contributed by atoms with van der Waals surface area (Å²) in [4.78, 5) is 17.1. The molecule has 0 aromatic heterocycles. The summed E-state index contributed by atoms with van der Waals surface area (Å²) in [5, 5.41) is 0. The fourth-order valence-electron chi connectivity index (χ4n) is 4.14. The molecule has 3 unspecified atom stereocenters. The molecule has 3 nitrogen and oxygen atoms in total. The largest absolute Gasteiger partial charge is 0.306 e. The second-order valence-electron chi connectivity index (χ2n) is 8.64. The molecule has 0 amide bonds. The van der Waals surface area contributed by atoms with E-state index < -0.39 is 0 Å². The van der Waals surface area contributed by atoms with E-state index in [1.807, 2.05) is 0 Å². The van der Waals surface area contributed by atoms with Crippen LogP contribution in [0.2, 0.25) is 0 Å². The van der Waals surface area contributed by atoms with Crippen molar-refractivity contribution >= 4 is 5.78 Å². The van der Waals surface area contributed by atoms with E-state index in [4.69, 9.17) is 0 Å². The molecule has 0 N–H and O–H groups in total. The fraction of sp³-hybridized carbons (Fsp3) is 0.944. The minimum Gasteiger partial charge on any atom is -0.306 e. The standard InChI is InChI=1S/C18H34N2O/c1-18(2,3)16-6-7-17(21)15(10-16)13-20(5)12-14-8-9-19(4)11-14/h14-16H,6-13H2,1-5H3. The van der Waals surface area contributed by atoms with Crippen LogP contribution in [0, 0.1) is 23.2 Å². The van der Waals surface area contributed by atoms with Crippen LogP contribution < -0.4 is 0 Å². The smallest absolute Gasteiger partial charge is 0.137 e. The van der Waals surface area contributed by atoms with Crippen molar-refractivity contribution in [2.75, 3.05) is 40.3 Å². The SMILES string of the molecule is CN1CCC(CN(C)CC2CC(C(C)(C)C)CCC2=O)C1. The van der Waals surface area contributed by atoms with Gasteiger partial charge in [-0.15, -0.1) is 0 Å². The highest BCUT2D eigenvalue weighted by Gasteiger charge is 2.35. The number of carbonyl (C=O) groups is 1. The maximum absolute atomic E-state index is 12.3. The molecule has 21 heavy (non-hydrogen) atoms. The number of ketones is 1. The van der Waals surface area contributed by atoms with E-state index in [2.05, 4.69) is 44.7 Å². The minimum atomic E-state index is 0.270. The second-order valence-corrected chi connectivity index (χ2v) is 8.64. The summed E-state index contributed by atoms with van der Waals surface area (Å²) in [5.74, 6) is 2.27. The Bertz CT molecular complexity index is 361. The molecule has 1 saturated heterocycles. The average Bonchev–Trinajstić information content (AvgIpc) is 2.76. The highest BCUT2D eigenvalue weighted by molar-refractivity contribution is 5.82. The Hall–Kier alpha value is -0.410. The van der Waals surface area contributed by atoms with Crippen LogP contribution in [-0.4, -0.2) is 55.9 Å². The first-order chi connectivity index (χ1) is 9.75. The third kappa shape index (κ3) is 4.79. The maximum atomic E-state index is 12.3. The number of hydrogen-bond acceptors (Lipinski definition) is 3. The third-order valence-corrected chi connectivity index (χ3v) is 5.58. The first-order valence-corrected chi connectivity index (χ1v) is 8.65. The van der Waals surface area contributed by atoms with Gasteiger partial charge in [-0.3, -0.25) is 4.79 Å². The summed E-state index contributed by atoms with van der Waals surface area (Å²) in [7, 11) is 4.41. The predicted molar refractivity (Wildman–Crippen MR) is 88.4 cm³/mol. The van der Waals surface area contributed by atoms with Crippen LogP contribution in [-0.2, 0) is 4.79 Å². The Morgan fingerprint density at radius 1 is 1.24 bits per heavy atom. The molecular formula is C18H34N2O. The van der Waals surface area contributed by atoms with Crippen molar-refractivity contribution in [2.45, 2.75) is 46.5 Å². The molecule has 122 valence electrons. The molecule has 0 aromatic carbocycles. The summed E-state index contributed by atoms with van der Waals surface area (Å²) in [6, 6.07) is 0. The van der Waals surface area contributed by atoms with Gasteiger partial charge in [0.25, 0.3) is 0 Å². The molecule has 0 aromatic rings. The molecule has 2 fully saturated rings. The van der Waals surface area contributed by atoms with Gasteiger partial charge in [0, 0.05) is 32.0 Å². The topological polar surface area (TPSA) is 23.6 Å². The monoisotopic (exact) mass is 294 g/mol. The Morgan fingerprint density at radius 3 is 2.52 bits per heavy atom. The van der Waals surface area contributed by atoms with Crippen LogP contribution in [0.4, 0.5) is 0 Å². The van der Waals surface area contributed by atoms with Crippen molar-refractivity contribution in [3.05, 3.63) is 0 Å². The van der Waals surface area contributed by atoms with Crippen molar-refractivity contribution in [2.24, 2.45) is 23.2 Å². The maximum Gasteiger partial charge on any atom is 0.137 e. The van der Waals surface area contributed by atoms with Gasteiger partial charge in [-0.2, -0.15) is 0 Å². The van der Waals surface area contributed by atoms with E-state index in [9.17, 15) is 4.79 Å². The van der Waals surface area contributed by atoms with E-state index in [1.165, 1.54) is 19.5 Å². The van der Waals surface area contributed by atoms with Crippen molar-refractivity contribution in [3.63, 3.8) is 0 Å². The number of Topliss-reactive ketones (excluding diaryl/α,β-unsaturated/α-hetero) is 1. The normalized spacial score (nSPS) is 32.1. The van der Waals surface area contributed by atoms with Gasteiger partial charge in [-0.1, -0.05) is 20.8 Å². The fourth-order valence-corrected chi connectivity index (χ4v) is 4.14. The molecular weight excluding hydrogens is 260 g/mol. The minimum absolute atomic E-state index is 0.270. The predicted octanol–water partition coefficient (Wildman–Crippen LogP) is 2.90. The molecule has 0 radical (unpaired) electrons. The summed E-state index contributed by atoms with van der Waals surface area (Å²) < 4.78 is 0. The first kappa shape index (κ1) is 17.0. The quantitative estimate of drug-likeness (QED) is 0.796. The van der Waals surface area contributed by atoms with Crippen molar-refractivity contribution in [1.29, 1.82) is 0 Å². The Labute approximate surface area is 131 Å². The highest BCUT2D eigenvalue weighted by Crippen LogP contribution is 2.39. The van der Waals surface area contributed by atoms with E-state index in [0.717, 1.165) is 38.3 Å². The number of rotatable bonds is 4. The molecule has 1 heterocycles. The zero-order valence-corrected chi connectivity index (χ0v) is 14.7. The Balaban J connectivity index is 1.83. The Morgan fingerprint density at radius 2 is 1.95 bits per heavy atom. The summed E-state index contributed by atoms with van der Waals surface area (Å²) in [6.45, 7) is 11.5. The van der Waals surface area contributed by atoms with Crippen molar-refractivity contribution < 1.29 is 4.79 Å². The lowest BCUT2D eigenvalue weighted by atomic mass is 9.68. The van der Waals surface area contributed by atoms with Crippen LogP contribution >= 0.6 is 0 Å². The van der Waals surface area contributed by atoms with Crippen molar-refractivity contribution in [3.8, 4) is 0 Å². The van der Waals surface area contributed by atoms with Crippen LogP contribution in [0.5, 0.6) is 0 Å². The average molecular weight is 294 g/mol. The van der Waals surface area contributed by atoms with E-state index in [-0.39, 0.29) is 5.92 Å². The zero-order chi connectivity index (χ0) is 15.6. The molecule has 3 heteroatoms. The molecule has 1 aliphatic carbocycles. The van der Waals surface area contributed by atoms with Gasteiger partial charge in [0.1, 0.15) is 5.78 Å². The van der Waals surface area contributed by atoms with Crippen LogP contribution in [0.15, 0.2) is 0 Å². The molecule has 2 rings (SSSR count). The molecule has 1 aliphatic heterocycles. The van der Waals surface area contributed by atoms with E-state index in [1.54, 1.807) is 0 Å². The number of hydrogen-bond donors (Lipinski definition) is 0. The van der Waals surface area contributed by atoms with Gasteiger partial charge in [-0.25, -0.2) is 0 Å². The molecule has 1 saturated carbocycles. The molecule has 0 bridgehead atoms. The molecule has 2 aliphatic rings. The lowest BCUT2D eigenvalue weighted by molar-refractivity contribution is -0.127. The van der Waals surface area contributed by atoms with Crippen LogP contribution in [0.3, 0.4) is 0 Å². The van der Waals surface area contributed by atoms with Gasteiger partial charge in [0.15, 0.2) is 0 Å².